The first-order chi connectivity index (χ1) is 11.7. The molecule has 6 heteroatoms. The van der Waals surface area contributed by atoms with Crippen LogP contribution in [0.25, 0.3) is 11.0 Å². The predicted molar refractivity (Wildman–Crippen MR) is 101 cm³/mol. The second kappa shape index (κ2) is 7.49. The lowest BCUT2D eigenvalue weighted by Crippen LogP contribution is -2.36. The van der Waals surface area contributed by atoms with E-state index in [2.05, 4.69) is 56.5 Å². The molecule has 0 unspecified atom stereocenters. The van der Waals surface area contributed by atoms with Crippen LogP contribution in [-0.4, -0.2) is 22.1 Å². The van der Waals surface area contributed by atoms with Crippen molar-refractivity contribution in [3.63, 3.8) is 0 Å². The van der Waals surface area contributed by atoms with Crippen LogP contribution >= 0.6 is 11.3 Å². The molecule has 2 heterocycles. The molecule has 0 spiro atoms. The van der Waals surface area contributed by atoms with Crippen molar-refractivity contribution in [3.05, 3.63) is 52.0 Å². The van der Waals surface area contributed by atoms with E-state index < -0.39 is 0 Å². The zero-order valence-electron chi connectivity index (χ0n) is 14.3. The highest BCUT2D eigenvalue weighted by Crippen LogP contribution is 2.16. The predicted octanol–water partition coefficient (Wildman–Crippen LogP) is 3.20. The number of fused-ring (bicyclic) bond motifs is 1. The molecule has 0 amide bonds. The van der Waals surface area contributed by atoms with Crippen LogP contribution in [0, 0.1) is 6.92 Å². The molecule has 2 N–H and O–H groups in total. The molecule has 0 saturated heterocycles. The molecule has 3 rings (SSSR count). The van der Waals surface area contributed by atoms with E-state index in [4.69, 9.17) is 0 Å². The van der Waals surface area contributed by atoms with Crippen molar-refractivity contribution in [2.45, 2.75) is 26.9 Å². The molecular formula is C18H23N5S. The minimum Gasteiger partial charge on any atom is -0.357 e. The number of hydrogen-bond acceptors (Lipinski definition) is 3. The Labute approximate surface area is 146 Å². The second-order valence-electron chi connectivity index (χ2n) is 5.65. The number of rotatable bonds is 5. The number of thiophene rings is 1. The van der Waals surface area contributed by atoms with Crippen molar-refractivity contribution in [1.82, 2.24) is 20.2 Å². The standard InChI is InChI=1S/C18H23N5S/c1-4-19-18(20-11-16-13(2)9-10-24-16)21-12-17-22-14-7-5-6-8-15(14)23(17)3/h5-10H,4,11-12H2,1-3H3,(H2,19,20,21). The maximum absolute atomic E-state index is 4.68. The monoisotopic (exact) mass is 341 g/mol. The number of aliphatic imine (C=N–C) groups is 1. The summed E-state index contributed by atoms with van der Waals surface area (Å²) in [5, 5.41) is 8.81. The number of guanidine groups is 1. The van der Waals surface area contributed by atoms with E-state index in [0.717, 1.165) is 35.9 Å². The highest BCUT2D eigenvalue weighted by atomic mass is 32.1. The molecule has 0 aliphatic rings. The second-order valence-corrected chi connectivity index (χ2v) is 6.65. The van der Waals surface area contributed by atoms with Gasteiger partial charge in [0.05, 0.1) is 17.6 Å². The van der Waals surface area contributed by atoms with Crippen molar-refractivity contribution in [1.29, 1.82) is 0 Å². The van der Waals surface area contributed by atoms with E-state index in [9.17, 15) is 0 Å². The van der Waals surface area contributed by atoms with Crippen molar-refractivity contribution in [2.24, 2.45) is 12.0 Å². The Morgan fingerprint density at radius 1 is 1.25 bits per heavy atom. The highest BCUT2D eigenvalue weighted by molar-refractivity contribution is 7.10. The van der Waals surface area contributed by atoms with Gasteiger partial charge in [0.25, 0.3) is 0 Å². The van der Waals surface area contributed by atoms with E-state index in [-0.39, 0.29) is 0 Å². The van der Waals surface area contributed by atoms with Crippen LogP contribution < -0.4 is 10.6 Å². The smallest absolute Gasteiger partial charge is 0.191 e. The summed E-state index contributed by atoms with van der Waals surface area (Å²) in [7, 11) is 2.04. The van der Waals surface area contributed by atoms with E-state index in [1.54, 1.807) is 11.3 Å². The lowest BCUT2D eigenvalue weighted by atomic mass is 10.3. The lowest BCUT2D eigenvalue weighted by molar-refractivity contribution is 0.780. The number of nitrogens with zero attached hydrogens (tertiary/aromatic N) is 3. The zero-order valence-corrected chi connectivity index (χ0v) is 15.2. The number of aryl methyl sites for hydroxylation is 2. The number of nitrogens with one attached hydrogen (secondary N) is 2. The normalized spacial score (nSPS) is 11.9. The molecule has 0 bridgehead atoms. The summed E-state index contributed by atoms with van der Waals surface area (Å²) >= 11 is 1.77. The summed E-state index contributed by atoms with van der Waals surface area (Å²) in [5.74, 6) is 1.78. The Morgan fingerprint density at radius 2 is 2.08 bits per heavy atom. The van der Waals surface area contributed by atoms with E-state index in [1.165, 1.54) is 10.4 Å². The molecule has 24 heavy (non-hydrogen) atoms. The van der Waals surface area contributed by atoms with Crippen LogP contribution in [0.1, 0.15) is 23.2 Å². The van der Waals surface area contributed by atoms with Crippen LogP contribution in [-0.2, 0) is 20.1 Å². The number of imidazole rings is 1. The molecule has 0 saturated carbocycles. The number of para-hydroxylation sites is 2. The first-order valence-electron chi connectivity index (χ1n) is 8.14. The molecule has 0 radical (unpaired) electrons. The summed E-state index contributed by atoms with van der Waals surface area (Å²) < 4.78 is 2.10. The van der Waals surface area contributed by atoms with Crippen molar-refractivity contribution in [2.75, 3.05) is 6.54 Å². The van der Waals surface area contributed by atoms with Crippen LogP contribution in [0.5, 0.6) is 0 Å². The van der Waals surface area contributed by atoms with Crippen LogP contribution in [0.2, 0.25) is 0 Å². The maximum atomic E-state index is 4.68. The van der Waals surface area contributed by atoms with Crippen molar-refractivity contribution in [3.8, 4) is 0 Å². The van der Waals surface area contributed by atoms with Crippen molar-refractivity contribution >= 4 is 28.3 Å². The first kappa shape index (κ1) is 16.5. The van der Waals surface area contributed by atoms with Crippen LogP contribution in [0.15, 0.2) is 40.7 Å². The summed E-state index contributed by atoms with van der Waals surface area (Å²) in [6.45, 7) is 6.37. The fraction of sp³-hybridized carbons (Fsp3) is 0.333. The molecule has 1 aromatic carbocycles. The minimum atomic E-state index is 0.546. The number of hydrogen-bond donors (Lipinski definition) is 2. The van der Waals surface area contributed by atoms with Gasteiger partial charge in [0, 0.05) is 18.5 Å². The molecule has 0 atom stereocenters. The van der Waals surface area contributed by atoms with Gasteiger partial charge in [0.2, 0.25) is 0 Å². The van der Waals surface area contributed by atoms with Gasteiger partial charge in [-0.3, -0.25) is 0 Å². The third-order valence-electron chi connectivity index (χ3n) is 3.99. The molecule has 3 aromatic rings. The summed E-state index contributed by atoms with van der Waals surface area (Å²) in [5.41, 5.74) is 3.46. The van der Waals surface area contributed by atoms with E-state index >= 15 is 0 Å². The Hall–Kier alpha value is -2.34. The third kappa shape index (κ3) is 3.59. The summed E-state index contributed by atoms with van der Waals surface area (Å²) in [6, 6.07) is 10.3. The largest absolute Gasteiger partial charge is 0.357 e. The molecule has 0 fully saturated rings. The van der Waals surface area contributed by atoms with Gasteiger partial charge in [-0.25, -0.2) is 9.98 Å². The Morgan fingerprint density at radius 3 is 2.79 bits per heavy atom. The number of benzene rings is 1. The van der Waals surface area contributed by atoms with Gasteiger partial charge in [-0.05, 0) is 43.0 Å². The molecule has 5 nitrogen and oxygen atoms in total. The zero-order chi connectivity index (χ0) is 16.9. The average Bonchev–Trinajstić information content (AvgIpc) is 3.14. The Balaban J connectivity index is 1.72. The third-order valence-corrected chi connectivity index (χ3v) is 5.01. The summed E-state index contributed by atoms with van der Waals surface area (Å²) in [4.78, 5) is 10.7. The lowest BCUT2D eigenvalue weighted by Gasteiger charge is -2.11. The van der Waals surface area contributed by atoms with Gasteiger partial charge in [0.15, 0.2) is 5.96 Å². The first-order valence-corrected chi connectivity index (χ1v) is 9.02. The molecule has 0 aliphatic heterocycles. The van der Waals surface area contributed by atoms with Gasteiger partial charge in [-0.15, -0.1) is 11.3 Å². The molecule has 0 aliphatic carbocycles. The van der Waals surface area contributed by atoms with Gasteiger partial charge >= 0.3 is 0 Å². The summed E-state index contributed by atoms with van der Waals surface area (Å²) in [6.07, 6.45) is 0. The van der Waals surface area contributed by atoms with Gasteiger partial charge in [-0.1, -0.05) is 12.1 Å². The fourth-order valence-electron chi connectivity index (χ4n) is 2.58. The molecule has 2 aromatic heterocycles. The van der Waals surface area contributed by atoms with Crippen LogP contribution in [0.4, 0.5) is 0 Å². The highest BCUT2D eigenvalue weighted by Gasteiger charge is 2.07. The molecular weight excluding hydrogens is 318 g/mol. The fourth-order valence-corrected chi connectivity index (χ4v) is 3.42. The van der Waals surface area contributed by atoms with Gasteiger partial charge in [-0.2, -0.15) is 0 Å². The van der Waals surface area contributed by atoms with Crippen LogP contribution in [0.3, 0.4) is 0 Å². The van der Waals surface area contributed by atoms with E-state index in [1.807, 2.05) is 25.2 Å². The molecule has 126 valence electrons. The Kier molecular flexibility index (Phi) is 5.15. The number of aromatic nitrogens is 2. The van der Waals surface area contributed by atoms with Gasteiger partial charge in [0.1, 0.15) is 12.4 Å². The minimum absolute atomic E-state index is 0.546. The average molecular weight is 341 g/mol. The Bertz CT molecular complexity index is 846. The van der Waals surface area contributed by atoms with Crippen molar-refractivity contribution < 1.29 is 0 Å². The topological polar surface area (TPSA) is 54.2 Å². The van der Waals surface area contributed by atoms with E-state index in [0.29, 0.717) is 6.54 Å². The quantitative estimate of drug-likeness (QED) is 0.553. The SMILES string of the molecule is CCNC(=NCc1nc2ccccc2n1C)NCc1sccc1C. The van der Waals surface area contributed by atoms with Gasteiger partial charge < -0.3 is 15.2 Å². The maximum Gasteiger partial charge on any atom is 0.191 e.